The van der Waals surface area contributed by atoms with Gasteiger partial charge in [-0.2, -0.15) is 0 Å². The standard InChI is InChI=1S/C9H19N3O/c1-10-9(13)7-12(2)8-4-3-5-11-6-8/h8,11H,3-7H2,1-2H3,(H,10,13). The molecule has 2 N–H and O–H groups in total. The zero-order valence-corrected chi connectivity index (χ0v) is 8.47. The fourth-order valence-electron chi connectivity index (χ4n) is 1.64. The third kappa shape index (κ3) is 3.32. The van der Waals surface area contributed by atoms with E-state index in [1.807, 2.05) is 7.05 Å². The monoisotopic (exact) mass is 185 g/mol. The van der Waals surface area contributed by atoms with Gasteiger partial charge in [0.2, 0.25) is 5.91 Å². The van der Waals surface area contributed by atoms with Gasteiger partial charge >= 0.3 is 0 Å². The summed E-state index contributed by atoms with van der Waals surface area (Å²) in [6.07, 6.45) is 2.41. The van der Waals surface area contributed by atoms with Gasteiger partial charge in [-0.25, -0.2) is 0 Å². The molecular weight excluding hydrogens is 166 g/mol. The number of nitrogens with one attached hydrogen (secondary N) is 2. The summed E-state index contributed by atoms with van der Waals surface area (Å²) in [7, 11) is 3.68. The van der Waals surface area contributed by atoms with Crippen LogP contribution in [0.4, 0.5) is 0 Å². The van der Waals surface area contributed by atoms with E-state index in [-0.39, 0.29) is 5.91 Å². The van der Waals surface area contributed by atoms with Crippen LogP contribution >= 0.6 is 0 Å². The van der Waals surface area contributed by atoms with Crippen LogP contribution < -0.4 is 10.6 Å². The van der Waals surface area contributed by atoms with Crippen LogP contribution in [0, 0.1) is 0 Å². The van der Waals surface area contributed by atoms with Crippen molar-refractivity contribution in [1.82, 2.24) is 15.5 Å². The van der Waals surface area contributed by atoms with E-state index in [0.29, 0.717) is 12.6 Å². The zero-order valence-electron chi connectivity index (χ0n) is 8.47. The van der Waals surface area contributed by atoms with E-state index >= 15 is 0 Å². The summed E-state index contributed by atoms with van der Waals surface area (Å²) >= 11 is 0. The Balaban J connectivity index is 2.28. The molecule has 0 aromatic carbocycles. The lowest BCUT2D eigenvalue weighted by atomic mass is 10.1. The van der Waals surface area contributed by atoms with Crippen LogP contribution in [0.1, 0.15) is 12.8 Å². The van der Waals surface area contributed by atoms with Gasteiger partial charge in [-0.3, -0.25) is 9.69 Å². The first kappa shape index (κ1) is 10.5. The highest BCUT2D eigenvalue weighted by atomic mass is 16.1. The summed E-state index contributed by atoms with van der Waals surface area (Å²) in [5.74, 6) is 0.0908. The number of amides is 1. The molecule has 13 heavy (non-hydrogen) atoms. The predicted octanol–water partition coefficient (Wildman–Crippen LogP) is -0.584. The first-order valence-corrected chi connectivity index (χ1v) is 4.85. The molecule has 1 aliphatic rings. The van der Waals surface area contributed by atoms with Crippen molar-refractivity contribution in [2.45, 2.75) is 18.9 Å². The Morgan fingerprint density at radius 2 is 2.46 bits per heavy atom. The third-order valence-corrected chi connectivity index (χ3v) is 2.57. The van der Waals surface area contributed by atoms with Gasteiger partial charge in [0.25, 0.3) is 0 Å². The molecule has 1 unspecified atom stereocenters. The van der Waals surface area contributed by atoms with Crippen LogP contribution in [0.15, 0.2) is 0 Å². The quantitative estimate of drug-likeness (QED) is 0.618. The number of piperidine rings is 1. The largest absolute Gasteiger partial charge is 0.358 e. The van der Waals surface area contributed by atoms with E-state index < -0.39 is 0 Å². The summed E-state index contributed by atoms with van der Waals surface area (Å²) < 4.78 is 0. The maximum absolute atomic E-state index is 11.1. The number of carbonyl (C=O) groups is 1. The van der Waals surface area contributed by atoms with Crippen LogP contribution in [0.3, 0.4) is 0 Å². The van der Waals surface area contributed by atoms with Gasteiger partial charge in [0.1, 0.15) is 0 Å². The highest BCUT2D eigenvalue weighted by molar-refractivity contribution is 5.77. The number of carbonyl (C=O) groups excluding carboxylic acids is 1. The fraction of sp³-hybridized carbons (Fsp3) is 0.889. The number of hydrogen-bond donors (Lipinski definition) is 2. The average Bonchev–Trinajstić information content (AvgIpc) is 2.19. The van der Waals surface area contributed by atoms with Crippen molar-refractivity contribution in [2.75, 3.05) is 33.7 Å². The lowest BCUT2D eigenvalue weighted by Crippen LogP contribution is -2.47. The molecule has 1 atom stereocenters. The van der Waals surface area contributed by atoms with Crippen LogP contribution in [-0.2, 0) is 4.79 Å². The molecular formula is C9H19N3O. The lowest BCUT2D eigenvalue weighted by Gasteiger charge is -2.30. The smallest absolute Gasteiger partial charge is 0.233 e. The number of likely N-dealkylation sites (N-methyl/N-ethyl adjacent to an activating group) is 2. The number of rotatable bonds is 3. The van der Waals surface area contributed by atoms with Crippen LogP contribution in [0.25, 0.3) is 0 Å². The van der Waals surface area contributed by atoms with Gasteiger partial charge in [0.15, 0.2) is 0 Å². The van der Waals surface area contributed by atoms with E-state index in [4.69, 9.17) is 0 Å². The van der Waals surface area contributed by atoms with Crippen molar-refractivity contribution in [3.05, 3.63) is 0 Å². The molecule has 1 amide bonds. The Hall–Kier alpha value is -0.610. The Morgan fingerprint density at radius 3 is 3.00 bits per heavy atom. The molecule has 0 radical (unpaired) electrons. The lowest BCUT2D eigenvalue weighted by molar-refractivity contribution is -0.122. The minimum Gasteiger partial charge on any atom is -0.358 e. The Bertz CT molecular complexity index is 166. The molecule has 0 spiro atoms. The van der Waals surface area contributed by atoms with E-state index in [0.717, 1.165) is 13.1 Å². The van der Waals surface area contributed by atoms with Gasteiger partial charge in [-0.05, 0) is 26.4 Å². The average molecular weight is 185 g/mol. The molecule has 4 nitrogen and oxygen atoms in total. The van der Waals surface area contributed by atoms with E-state index in [9.17, 15) is 4.79 Å². The minimum atomic E-state index is 0.0908. The molecule has 1 aliphatic heterocycles. The molecule has 0 bridgehead atoms. The highest BCUT2D eigenvalue weighted by Gasteiger charge is 2.18. The molecule has 0 aromatic heterocycles. The van der Waals surface area contributed by atoms with Crippen LogP contribution in [0.2, 0.25) is 0 Å². The topological polar surface area (TPSA) is 44.4 Å². The Kier molecular flexibility index (Phi) is 4.18. The number of nitrogens with zero attached hydrogens (tertiary/aromatic N) is 1. The van der Waals surface area contributed by atoms with Crippen LogP contribution in [-0.4, -0.2) is 50.6 Å². The second kappa shape index (κ2) is 5.19. The van der Waals surface area contributed by atoms with Crippen molar-refractivity contribution in [3.63, 3.8) is 0 Å². The van der Waals surface area contributed by atoms with Crippen molar-refractivity contribution in [3.8, 4) is 0 Å². The Morgan fingerprint density at radius 1 is 1.69 bits per heavy atom. The summed E-state index contributed by atoms with van der Waals surface area (Å²) in [6.45, 7) is 2.63. The maximum Gasteiger partial charge on any atom is 0.233 e. The van der Waals surface area contributed by atoms with E-state index in [2.05, 4.69) is 15.5 Å². The van der Waals surface area contributed by atoms with Gasteiger partial charge in [0.05, 0.1) is 6.54 Å². The molecule has 0 aliphatic carbocycles. The van der Waals surface area contributed by atoms with Crippen molar-refractivity contribution in [2.24, 2.45) is 0 Å². The molecule has 1 rings (SSSR count). The molecule has 4 heteroatoms. The zero-order chi connectivity index (χ0) is 9.68. The highest BCUT2D eigenvalue weighted by Crippen LogP contribution is 2.07. The van der Waals surface area contributed by atoms with Crippen molar-refractivity contribution in [1.29, 1.82) is 0 Å². The molecule has 1 fully saturated rings. The second-order valence-corrected chi connectivity index (χ2v) is 3.59. The minimum absolute atomic E-state index is 0.0908. The fourth-order valence-corrected chi connectivity index (χ4v) is 1.64. The Labute approximate surface area is 79.7 Å². The van der Waals surface area contributed by atoms with Gasteiger partial charge in [-0.15, -0.1) is 0 Å². The molecule has 1 saturated heterocycles. The van der Waals surface area contributed by atoms with Gasteiger partial charge < -0.3 is 10.6 Å². The second-order valence-electron chi connectivity index (χ2n) is 3.59. The molecule has 0 saturated carbocycles. The summed E-state index contributed by atoms with van der Waals surface area (Å²) in [6, 6.07) is 0.519. The molecule has 1 heterocycles. The predicted molar refractivity (Wildman–Crippen MR) is 52.6 cm³/mol. The van der Waals surface area contributed by atoms with Crippen LogP contribution in [0.5, 0.6) is 0 Å². The van der Waals surface area contributed by atoms with E-state index in [1.165, 1.54) is 12.8 Å². The van der Waals surface area contributed by atoms with Gasteiger partial charge in [-0.1, -0.05) is 0 Å². The molecule has 0 aromatic rings. The molecule has 76 valence electrons. The first-order valence-electron chi connectivity index (χ1n) is 4.85. The first-order chi connectivity index (χ1) is 6.24. The summed E-state index contributed by atoms with van der Waals surface area (Å²) in [5.41, 5.74) is 0. The normalized spacial score (nSPS) is 23.2. The van der Waals surface area contributed by atoms with Crippen molar-refractivity contribution < 1.29 is 4.79 Å². The maximum atomic E-state index is 11.1. The van der Waals surface area contributed by atoms with Gasteiger partial charge in [0, 0.05) is 19.6 Å². The van der Waals surface area contributed by atoms with Crippen molar-refractivity contribution >= 4 is 5.91 Å². The van der Waals surface area contributed by atoms with E-state index in [1.54, 1.807) is 7.05 Å². The summed E-state index contributed by atoms with van der Waals surface area (Å²) in [4.78, 5) is 13.2. The number of hydrogen-bond acceptors (Lipinski definition) is 3. The SMILES string of the molecule is CNC(=O)CN(C)C1CCCNC1. The summed E-state index contributed by atoms with van der Waals surface area (Å²) in [5, 5.41) is 5.97. The third-order valence-electron chi connectivity index (χ3n) is 2.57.